The van der Waals surface area contributed by atoms with Crippen LogP contribution in [0, 0.1) is 0 Å². The molecular weight excluding hydrogens is 232 g/mol. The average molecular weight is 250 g/mol. The summed E-state index contributed by atoms with van der Waals surface area (Å²) in [6.07, 6.45) is 0.255. The summed E-state index contributed by atoms with van der Waals surface area (Å²) in [5.74, 6) is -0.263. The van der Waals surface area contributed by atoms with E-state index in [2.05, 4.69) is 10.6 Å². The van der Waals surface area contributed by atoms with Crippen LogP contribution in [-0.2, 0) is 16.0 Å². The van der Waals surface area contributed by atoms with Gasteiger partial charge in [0.25, 0.3) is 0 Å². The Balaban J connectivity index is 2.53. The largest absolute Gasteiger partial charge is 0.394 e. The molecule has 1 atom stereocenters. The number of rotatable bonds is 5. The van der Waals surface area contributed by atoms with Gasteiger partial charge < -0.3 is 15.7 Å². The van der Waals surface area contributed by atoms with Gasteiger partial charge in [-0.05, 0) is 24.6 Å². The van der Waals surface area contributed by atoms with Gasteiger partial charge in [-0.3, -0.25) is 9.59 Å². The second kappa shape index (κ2) is 6.76. The van der Waals surface area contributed by atoms with Crippen molar-refractivity contribution in [2.75, 3.05) is 11.9 Å². The molecule has 0 aliphatic heterocycles. The van der Waals surface area contributed by atoms with E-state index < -0.39 is 0 Å². The van der Waals surface area contributed by atoms with E-state index in [1.807, 2.05) is 0 Å². The zero-order valence-corrected chi connectivity index (χ0v) is 10.6. The zero-order valence-electron chi connectivity index (χ0n) is 10.6. The molecule has 3 N–H and O–H groups in total. The number of hydrogen-bond acceptors (Lipinski definition) is 3. The first-order valence-electron chi connectivity index (χ1n) is 5.78. The summed E-state index contributed by atoms with van der Waals surface area (Å²) in [6.45, 7) is 3.10. The monoisotopic (exact) mass is 250 g/mol. The number of benzene rings is 1. The molecule has 0 radical (unpaired) electrons. The molecule has 0 fully saturated rings. The van der Waals surface area contributed by atoms with Crippen LogP contribution in [0.3, 0.4) is 0 Å². The van der Waals surface area contributed by atoms with Crippen molar-refractivity contribution in [3.63, 3.8) is 0 Å². The van der Waals surface area contributed by atoms with Crippen molar-refractivity contribution in [3.8, 4) is 0 Å². The predicted molar refractivity (Wildman–Crippen MR) is 69.1 cm³/mol. The van der Waals surface area contributed by atoms with Gasteiger partial charge in [-0.1, -0.05) is 12.1 Å². The fourth-order valence-electron chi connectivity index (χ4n) is 1.47. The highest BCUT2D eigenvalue weighted by atomic mass is 16.3. The summed E-state index contributed by atoms with van der Waals surface area (Å²) >= 11 is 0. The second-order valence-electron chi connectivity index (χ2n) is 4.21. The van der Waals surface area contributed by atoms with E-state index in [1.165, 1.54) is 6.92 Å². The molecule has 0 aliphatic carbocycles. The molecule has 0 aromatic heterocycles. The van der Waals surface area contributed by atoms with Gasteiger partial charge in [0, 0.05) is 18.7 Å². The van der Waals surface area contributed by atoms with Crippen molar-refractivity contribution in [2.24, 2.45) is 0 Å². The van der Waals surface area contributed by atoms with Gasteiger partial charge in [-0.2, -0.15) is 0 Å². The lowest BCUT2D eigenvalue weighted by Gasteiger charge is -2.10. The quantitative estimate of drug-likeness (QED) is 0.719. The van der Waals surface area contributed by atoms with E-state index in [1.54, 1.807) is 31.2 Å². The number of aliphatic hydroxyl groups excluding tert-OH is 1. The number of amides is 2. The van der Waals surface area contributed by atoms with Gasteiger partial charge >= 0.3 is 0 Å². The summed E-state index contributed by atoms with van der Waals surface area (Å²) in [6, 6.07) is 6.83. The second-order valence-corrected chi connectivity index (χ2v) is 4.21. The fourth-order valence-corrected chi connectivity index (χ4v) is 1.47. The molecule has 0 aliphatic rings. The molecule has 1 rings (SSSR count). The Morgan fingerprint density at radius 1 is 1.28 bits per heavy atom. The number of aliphatic hydroxyl groups is 1. The highest BCUT2D eigenvalue weighted by Crippen LogP contribution is 2.09. The van der Waals surface area contributed by atoms with Crippen LogP contribution in [0.25, 0.3) is 0 Å². The zero-order chi connectivity index (χ0) is 13.5. The minimum Gasteiger partial charge on any atom is -0.394 e. The number of carbonyl (C=O) groups excluding carboxylic acids is 2. The van der Waals surface area contributed by atoms with Crippen LogP contribution in [0.5, 0.6) is 0 Å². The van der Waals surface area contributed by atoms with Crippen LogP contribution in [-0.4, -0.2) is 29.6 Å². The number of carbonyl (C=O) groups is 2. The van der Waals surface area contributed by atoms with Crippen LogP contribution in [0.4, 0.5) is 5.69 Å². The summed E-state index contributed by atoms with van der Waals surface area (Å²) in [7, 11) is 0. The van der Waals surface area contributed by atoms with E-state index in [0.717, 1.165) is 5.56 Å². The Bertz CT molecular complexity index is 415. The molecular formula is C13H18N2O3. The predicted octanol–water partition coefficient (Wildman–Crippen LogP) is 0.684. The SMILES string of the molecule is CC(=O)Nc1ccc(CC(=O)N[C@@H](C)CO)cc1. The van der Waals surface area contributed by atoms with Crippen molar-refractivity contribution < 1.29 is 14.7 Å². The molecule has 0 unspecified atom stereocenters. The summed E-state index contributed by atoms with van der Waals surface area (Å²) in [5, 5.41) is 14.1. The Hall–Kier alpha value is -1.88. The van der Waals surface area contributed by atoms with Crippen molar-refractivity contribution in [1.29, 1.82) is 0 Å². The molecule has 5 nitrogen and oxygen atoms in total. The van der Waals surface area contributed by atoms with E-state index in [-0.39, 0.29) is 30.9 Å². The molecule has 18 heavy (non-hydrogen) atoms. The third-order valence-electron chi connectivity index (χ3n) is 2.32. The van der Waals surface area contributed by atoms with Crippen molar-refractivity contribution in [3.05, 3.63) is 29.8 Å². The minimum absolute atomic E-state index is 0.0762. The Kier molecular flexibility index (Phi) is 5.32. The third-order valence-corrected chi connectivity index (χ3v) is 2.32. The minimum atomic E-state index is -0.240. The summed E-state index contributed by atoms with van der Waals surface area (Å²) in [5.41, 5.74) is 1.56. The van der Waals surface area contributed by atoms with Gasteiger partial charge in [0.2, 0.25) is 11.8 Å². The molecule has 0 saturated heterocycles. The molecule has 0 saturated carbocycles. The maximum atomic E-state index is 11.6. The van der Waals surface area contributed by atoms with Crippen LogP contribution in [0.1, 0.15) is 19.4 Å². The molecule has 5 heteroatoms. The number of hydrogen-bond donors (Lipinski definition) is 3. The van der Waals surface area contributed by atoms with E-state index in [4.69, 9.17) is 5.11 Å². The first kappa shape index (κ1) is 14.2. The van der Waals surface area contributed by atoms with Crippen LogP contribution >= 0.6 is 0 Å². The lowest BCUT2D eigenvalue weighted by atomic mass is 10.1. The Morgan fingerprint density at radius 2 is 1.89 bits per heavy atom. The smallest absolute Gasteiger partial charge is 0.224 e. The first-order chi connectivity index (χ1) is 8.51. The fraction of sp³-hybridized carbons (Fsp3) is 0.385. The lowest BCUT2D eigenvalue weighted by Crippen LogP contribution is -2.35. The van der Waals surface area contributed by atoms with Crippen molar-refractivity contribution in [2.45, 2.75) is 26.3 Å². The highest BCUT2D eigenvalue weighted by Gasteiger charge is 2.07. The van der Waals surface area contributed by atoms with Crippen LogP contribution < -0.4 is 10.6 Å². The van der Waals surface area contributed by atoms with E-state index in [9.17, 15) is 9.59 Å². The van der Waals surface area contributed by atoms with Crippen LogP contribution in [0.2, 0.25) is 0 Å². The van der Waals surface area contributed by atoms with Gasteiger partial charge in [0.1, 0.15) is 0 Å². The molecule has 0 spiro atoms. The standard InChI is InChI=1S/C13H18N2O3/c1-9(8-16)14-13(18)7-11-3-5-12(6-4-11)15-10(2)17/h3-6,9,16H,7-8H2,1-2H3,(H,14,18)(H,15,17)/t9-/m0/s1. The molecule has 1 aromatic carbocycles. The maximum absolute atomic E-state index is 11.6. The van der Waals surface area contributed by atoms with Gasteiger partial charge in [0.15, 0.2) is 0 Å². The van der Waals surface area contributed by atoms with Crippen molar-refractivity contribution >= 4 is 17.5 Å². The Morgan fingerprint density at radius 3 is 2.39 bits per heavy atom. The number of anilines is 1. The normalized spacial score (nSPS) is 11.7. The van der Waals surface area contributed by atoms with Crippen LogP contribution in [0.15, 0.2) is 24.3 Å². The first-order valence-corrected chi connectivity index (χ1v) is 5.78. The van der Waals surface area contributed by atoms with Crippen molar-refractivity contribution in [1.82, 2.24) is 5.32 Å². The number of nitrogens with one attached hydrogen (secondary N) is 2. The maximum Gasteiger partial charge on any atom is 0.224 e. The highest BCUT2D eigenvalue weighted by molar-refractivity contribution is 5.88. The topological polar surface area (TPSA) is 78.4 Å². The molecule has 0 bridgehead atoms. The molecule has 2 amide bonds. The average Bonchev–Trinajstić information content (AvgIpc) is 2.30. The van der Waals surface area contributed by atoms with Gasteiger partial charge in [0.05, 0.1) is 13.0 Å². The van der Waals surface area contributed by atoms with E-state index >= 15 is 0 Å². The third kappa shape index (κ3) is 4.97. The molecule has 0 heterocycles. The molecule has 98 valence electrons. The molecule has 1 aromatic rings. The summed E-state index contributed by atoms with van der Waals surface area (Å²) in [4.78, 5) is 22.4. The Labute approximate surface area is 106 Å². The van der Waals surface area contributed by atoms with Gasteiger partial charge in [-0.25, -0.2) is 0 Å². The lowest BCUT2D eigenvalue weighted by molar-refractivity contribution is -0.121. The van der Waals surface area contributed by atoms with E-state index in [0.29, 0.717) is 5.69 Å². The van der Waals surface area contributed by atoms with Gasteiger partial charge in [-0.15, -0.1) is 0 Å². The summed E-state index contributed by atoms with van der Waals surface area (Å²) < 4.78 is 0.